The van der Waals surface area contributed by atoms with Crippen LogP contribution < -0.4 is 19.6 Å². The van der Waals surface area contributed by atoms with Gasteiger partial charge >= 0.3 is 0 Å². The quantitative estimate of drug-likeness (QED) is 0.0998. The number of hydrogen-bond acceptors (Lipinski definition) is 8. The molecule has 0 atom stereocenters. The molecule has 0 amide bonds. The van der Waals surface area contributed by atoms with Gasteiger partial charge in [-0.2, -0.15) is 0 Å². The van der Waals surface area contributed by atoms with Gasteiger partial charge in [0.25, 0.3) is 0 Å². The maximum Gasteiger partial charge on any atom is 0.147 e. The second-order valence-electron chi connectivity index (χ2n) is 37.3. The third kappa shape index (κ3) is 13.0. The highest BCUT2D eigenvalue weighted by Gasteiger charge is 2.29. The summed E-state index contributed by atoms with van der Waals surface area (Å²) in [6, 6.07) is 163. The molecule has 0 bridgehead atoms. The summed E-state index contributed by atoms with van der Waals surface area (Å²) < 4.78 is 27.8. The van der Waals surface area contributed by atoms with E-state index in [2.05, 4.69) is 496 Å². The van der Waals surface area contributed by atoms with Crippen molar-refractivity contribution in [1.29, 1.82) is 0 Å². The number of para-hydroxylation sites is 2. The van der Waals surface area contributed by atoms with Gasteiger partial charge in [0.1, 0.15) is 44.7 Å². The van der Waals surface area contributed by atoms with Gasteiger partial charge in [0, 0.05) is 132 Å². The van der Waals surface area contributed by atoms with Crippen molar-refractivity contribution in [2.45, 2.75) is 39.5 Å². The van der Waals surface area contributed by atoms with E-state index in [0.29, 0.717) is 11.8 Å². The summed E-state index contributed by atoms with van der Waals surface area (Å²) in [6.07, 6.45) is 0. The van der Waals surface area contributed by atoms with Crippen LogP contribution in [0.1, 0.15) is 50.7 Å². The van der Waals surface area contributed by atoms with Crippen molar-refractivity contribution in [3.63, 3.8) is 0 Å². The molecule has 0 radical (unpaired) electrons. The Kier molecular flexibility index (Phi) is 18.6. The summed E-state index contributed by atoms with van der Waals surface area (Å²) in [4.78, 5) is 9.58. The van der Waals surface area contributed by atoms with E-state index in [-0.39, 0.29) is 0 Å². The summed E-state index contributed by atoms with van der Waals surface area (Å²) in [7, 11) is 0. The number of furan rings is 4. The maximum atomic E-state index is 7.08. The maximum absolute atomic E-state index is 7.08. The van der Waals surface area contributed by atoms with Gasteiger partial charge in [-0.1, -0.05) is 282 Å². The molecule has 0 fully saturated rings. The average Bonchev–Trinajstić information content (AvgIpc) is 1.56. The lowest BCUT2D eigenvalue weighted by Gasteiger charge is -2.28. The minimum atomic E-state index is 0.451. The molecule has 8 heteroatoms. The smallest absolute Gasteiger partial charge is 0.147 e. The standard InChI is InChI=1S/C66H40N2O2.C64H48N2O2/c1-3-19-47(20-4-1)67(62-51-23-11-7-15-41(51)37-42-16-8-12-24-52(42)62)49-29-33-55-45(39-49)27-31-57-58-35-36-60-61(66(58)70-64(55)57)59-32-28-46-40-50(30-34-56(46)65(59)69-60)68(48-21-5-2-6-22-48)63-53-25-13-9-17-43(53)38-44-18-10-14-26-54(44)63;1-39(2)41-19-25-47(26-20-41)65(58-17-9-13-43-11-5-7-15-51(43)58)49-29-33-53-45(37-49)23-31-55-56-35-36-60-61(64(56)68-62(53)55)57-32-24-46-38-50(30-34-54(46)63(57)67-60)66(48-27-21-42(22-28-48)40(3)4)59-18-10-14-44-12-6-8-16-52(44)59/h1-40H;5-40H,1-4H3. The van der Waals surface area contributed by atoms with Gasteiger partial charge in [0.2, 0.25) is 0 Å². The van der Waals surface area contributed by atoms with Crippen molar-refractivity contribution in [3.05, 3.63) is 460 Å². The van der Waals surface area contributed by atoms with Crippen LogP contribution in [0.25, 0.3) is 195 Å². The van der Waals surface area contributed by atoms with Gasteiger partial charge in [0.15, 0.2) is 0 Å². The van der Waals surface area contributed by atoms with Crippen LogP contribution in [-0.2, 0) is 0 Å². The van der Waals surface area contributed by atoms with Crippen LogP contribution in [0.5, 0.6) is 0 Å². The summed E-state index contributed by atoms with van der Waals surface area (Å²) in [5.74, 6) is 0.903. The summed E-state index contributed by atoms with van der Waals surface area (Å²) in [6.45, 7) is 8.97. The van der Waals surface area contributed by atoms with E-state index in [4.69, 9.17) is 17.7 Å². The zero-order chi connectivity index (χ0) is 91.5. The number of anilines is 12. The Labute approximate surface area is 795 Å². The molecule has 0 aliphatic heterocycles. The molecule has 0 spiro atoms. The van der Waals surface area contributed by atoms with Crippen molar-refractivity contribution in [3.8, 4) is 0 Å². The number of fused-ring (bicyclic) bond motifs is 28. The van der Waals surface area contributed by atoms with Gasteiger partial charge in [-0.05, 0) is 271 Å². The SMILES string of the molecule is CC(C)c1ccc(N(c2ccc3c(ccc4c5ccc6oc7c8ccc(N(c9ccc(C(C)C)cc9)c9cccc%10ccccc9%10)cc8ccc7c6c5oc34)c2)c2cccc3ccccc23)cc1.c1ccc(N(c2ccc3c(ccc4c5ccc6oc7c8ccc(N(c9ccccc9)c9c%10ccccc%10cc%10ccccc9%10)cc8ccc7c6c5oc34)c2)c2c3ccccc3cc3ccccc23)cc1. The first-order chi connectivity index (χ1) is 68.1. The van der Waals surface area contributed by atoms with Crippen LogP contribution >= 0.6 is 0 Å². The van der Waals surface area contributed by atoms with E-state index in [1.807, 2.05) is 0 Å². The molecule has 28 aromatic rings. The Morgan fingerprint density at radius 2 is 0.413 bits per heavy atom. The molecule has 28 rings (SSSR count). The van der Waals surface area contributed by atoms with Gasteiger partial charge < -0.3 is 37.3 Å². The fourth-order valence-corrected chi connectivity index (χ4v) is 21.9. The summed E-state index contributed by atoms with van der Waals surface area (Å²) in [5.41, 5.74) is 22.7. The zero-order valence-corrected chi connectivity index (χ0v) is 76.3. The van der Waals surface area contributed by atoms with E-state index in [1.54, 1.807) is 0 Å². The first-order valence-corrected chi connectivity index (χ1v) is 47.7. The van der Waals surface area contributed by atoms with E-state index < -0.39 is 0 Å². The molecule has 0 N–H and O–H groups in total. The molecule has 0 aliphatic carbocycles. The highest BCUT2D eigenvalue weighted by Crippen LogP contribution is 2.53. The predicted octanol–water partition coefficient (Wildman–Crippen LogP) is 38.6. The van der Waals surface area contributed by atoms with Crippen molar-refractivity contribution >= 4 is 264 Å². The molecule has 0 saturated carbocycles. The number of hydrogen-bond donors (Lipinski definition) is 0. The Balaban J connectivity index is 0.000000139. The molecular formula is C130H88N4O4. The first-order valence-electron chi connectivity index (χ1n) is 47.7. The molecule has 24 aromatic carbocycles. The summed E-state index contributed by atoms with van der Waals surface area (Å²) in [5, 5.41) is 31.5. The topological polar surface area (TPSA) is 65.5 Å². The molecule has 0 aliphatic rings. The minimum absolute atomic E-state index is 0.451. The van der Waals surface area contributed by atoms with Gasteiger partial charge in [-0.3, -0.25) is 0 Å². The van der Waals surface area contributed by atoms with Crippen molar-refractivity contribution < 1.29 is 17.7 Å². The second-order valence-corrected chi connectivity index (χ2v) is 37.3. The van der Waals surface area contributed by atoms with Gasteiger partial charge in [-0.15, -0.1) is 0 Å². The fourth-order valence-electron chi connectivity index (χ4n) is 21.9. The van der Waals surface area contributed by atoms with Crippen LogP contribution in [-0.4, -0.2) is 0 Å². The van der Waals surface area contributed by atoms with E-state index >= 15 is 0 Å². The molecule has 138 heavy (non-hydrogen) atoms. The second kappa shape index (κ2) is 32.0. The molecule has 4 heterocycles. The van der Waals surface area contributed by atoms with E-state index in [0.717, 1.165) is 199 Å². The average molecular weight is 1770 g/mol. The van der Waals surface area contributed by atoms with Gasteiger partial charge in [0.05, 0.1) is 33.5 Å². The lowest BCUT2D eigenvalue weighted by molar-refractivity contribution is 0.665. The third-order valence-corrected chi connectivity index (χ3v) is 28.7. The van der Waals surface area contributed by atoms with Crippen LogP contribution in [0.15, 0.2) is 467 Å². The Morgan fingerprint density at radius 3 is 0.761 bits per heavy atom. The first kappa shape index (κ1) is 80.0. The fraction of sp³-hybridized carbons (Fsp3) is 0.0462. The highest BCUT2D eigenvalue weighted by atomic mass is 16.4. The number of nitrogens with zero attached hydrogens (tertiary/aromatic N) is 4. The molecule has 0 unspecified atom stereocenters. The van der Waals surface area contributed by atoms with Crippen LogP contribution in [0.4, 0.5) is 68.2 Å². The third-order valence-electron chi connectivity index (χ3n) is 28.7. The molecule has 0 saturated heterocycles. The van der Waals surface area contributed by atoms with Crippen LogP contribution in [0.2, 0.25) is 0 Å². The van der Waals surface area contributed by atoms with E-state index in [1.165, 1.54) is 75.8 Å². The number of benzene rings is 24. The van der Waals surface area contributed by atoms with Crippen LogP contribution in [0.3, 0.4) is 0 Å². The normalized spacial score (nSPS) is 12.0. The van der Waals surface area contributed by atoms with Crippen molar-refractivity contribution in [2.24, 2.45) is 0 Å². The van der Waals surface area contributed by atoms with E-state index in [9.17, 15) is 0 Å². The monoisotopic (exact) mass is 1770 g/mol. The van der Waals surface area contributed by atoms with Crippen molar-refractivity contribution in [2.75, 3.05) is 19.6 Å². The van der Waals surface area contributed by atoms with Crippen LogP contribution in [0, 0.1) is 0 Å². The predicted molar refractivity (Wildman–Crippen MR) is 584 cm³/mol. The largest absolute Gasteiger partial charge is 0.455 e. The number of rotatable bonds is 14. The molecular weight excluding hydrogens is 1680 g/mol. The Hall–Kier alpha value is -17.7. The Bertz CT molecular complexity index is 9720. The van der Waals surface area contributed by atoms with Crippen molar-refractivity contribution in [1.82, 2.24) is 0 Å². The molecule has 8 nitrogen and oxygen atoms in total. The highest BCUT2D eigenvalue weighted by molar-refractivity contribution is 6.30. The Morgan fingerprint density at radius 1 is 0.159 bits per heavy atom. The molecule has 652 valence electrons. The lowest BCUT2D eigenvalue weighted by atomic mass is 9.98. The zero-order valence-electron chi connectivity index (χ0n) is 76.3. The molecule has 4 aromatic heterocycles. The van der Waals surface area contributed by atoms with Gasteiger partial charge in [-0.25, -0.2) is 0 Å². The minimum Gasteiger partial charge on any atom is -0.455 e. The lowest BCUT2D eigenvalue weighted by Crippen LogP contribution is -2.11. The summed E-state index contributed by atoms with van der Waals surface area (Å²) >= 11 is 0.